The highest BCUT2D eigenvalue weighted by atomic mass is 32.2. The zero-order valence-electron chi connectivity index (χ0n) is 15.0. The molecule has 1 aromatic rings. The molecule has 0 radical (unpaired) electrons. The predicted octanol–water partition coefficient (Wildman–Crippen LogP) is 1.56. The molecule has 1 heterocycles. The molecule has 27 heavy (non-hydrogen) atoms. The Hall–Kier alpha value is -2.99. The number of ether oxygens (including phenoxy) is 1. The van der Waals surface area contributed by atoms with E-state index in [1.54, 1.807) is 19.2 Å². The summed E-state index contributed by atoms with van der Waals surface area (Å²) in [5.41, 5.74) is 0.779. The number of imide groups is 1. The maximum atomic E-state index is 12.2. The molecule has 1 unspecified atom stereocenters. The number of nitrogens with one attached hydrogen (secondary N) is 2. The fourth-order valence-electron chi connectivity index (χ4n) is 2.35. The standard InChI is InChI=1S/C18H20N4O4S/c1-12(13-3-5-15(26-2)6-4-13)21-17(24)14(9-19)10-20-7-8-22-16(23)11-27-18(22)25/h3-6,10,12,20H,7-8,11H2,1-2H3,(H,21,24)/b14-10-. The van der Waals surface area contributed by atoms with Gasteiger partial charge in [-0.15, -0.1) is 0 Å². The summed E-state index contributed by atoms with van der Waals surface area (Å²) in [5, 5.41) is 14.4. The molecule has 0 bridgehead atoms. The highest BCUT2D eigenvalue weighted by Crippen LogP contribution is 2.18. The third-order valence-electron chi connectivity index (χ3n) is 3.90. The minimum absolute atomic E-state index is 0.0937. The van der Waals surface area contributed by atoms with E-state index >= 15 is 0 Å². The highest BCUT2D eigenvalue weighted by Gasteiger charge is 2.29. The monoisotopic (exact) mass is 388 g/mol. The van der Waals surface area contributed by atoms with Crippen molar-refractivity contribution >= 4 is 28.8 Å². The molecular weight excluding hydrogens is 368 g/mol. The van der Waals surface area contributed by atoms with Gasteiger partial charge in [-0.1, -0.05) is 23.9 Å². The van der Waals surface area contributed by atoms with Gasteiger partial charge in [0.25, 0.3) is 11.1 Å². The molecule has 0 aromatic heterocycles. The van der Waals surface area contributed by atoms with E-state index in [2.05, 4.69) is 10.6 Å². The lowest BCUT2D eigenvalue weighted by atomic mass is 10.1. The molecule has 1 fully saturated rings. The average Bonchev–Trinajstić information content (AvgIpc) is 2.99. The maximum absolute atomic E-state index is 12.2. The minimum Gasteiger partial charge on any atom is -0.497 e. The van der Waals surface area contributed by atoms with Gasteiger partial charge in [0.1, 0.15) is 17.4 Å². The van der Waals surface area contributed by atoms with Gasteiger partial charge in [-0.05, 0) is 24.6 Å². The number of carbonyl (C=O) groups excluding carboxylic acids is 3. The van der Waals surface area contributed by atoms with E-state index in [4.69, 9.17) is 4.74 Å². The molecule has 0 saturated carbocycles. The highest BCUT2D eigenvalue weighted by molar-refractivity contribution is 8.14. The molecule has 3 amide bonds. The summed E-state index contributed by atoms with van der Waals surface area (Å²) in [5.74, 6) is 0.121. The van der Waals surface area contributed by atoms with Gasteiger partial charge in [-0.3, -0.25) is 19.3 Å². The Bertz CT molecular complexity index is 770. The topological polar surface area (TPSA) is 112 Å². The van der Waals surface area contributed by atoms with Crippen LogP contribution in [0.5, 0.6) is 5.75 Å². The van der Waals surface area contributed by atoms with Crippen LogP contribution in [-0.2, 0) is 9.59 Å². The molecule has 0 spiro atoms. The first-order valence-electron chi connectivity index (χ1n) is 8.22. The van der Waals surface area contributed by atoms with Crippen LogP contribution in [0.3, 0.4) is 0 Å². The molecule has 1 aliphatic rings. The second-order valence-electron chi connectivity index (χ2n) is 5.69. The average molecular weight is 388 g/mol. The Morgan fingerprint density at radius 2 is 2.11 bits per heavy atom. The number of hydrogen-bond donors (Lipinski definition) is 2. The number of methoxy groups -OCH3 is 1. The van der Waals surface area contributed by atoms with Crippen molar-refractivity contribution in [2.24, 2.45) is 0 Å². The number of carbonyl (C=O) groups is 3. The summed E-state index contributed by atoms with van der Waals surface area (Å²) >= 11 is 0.964. The first kappa shape index (κ1) is 20.3. The lowest BCUT2D eigenvalue weighted by Crippen LogP contribution is -2.34. The maximum Gasteiger partial charge on any atom is 0.288 e. The molecule has 1 aliphatic heterocycles. The largest absolute Gasteiger partial charge is 0.497 e. The summed E-state index contributed by atoms with van der Waals surface area (Å²) in [6, 6.07) is 8.79. The van der Waals surface area contributed by atoms with E-state index in [-0.39, 0.29) is 41.6 Å². The fraction of sp³-hybridized carbons (Fsp3) is 0.333. The Morgan fingerprint density at radius 1 is 1.41 bits per heavy atom. The molecular formula is C18H20N4O4S. The van der Waals surface area contributed by atoms with E-state index < -0.39 is 5.91 Å². The van der Waals surface area contributed by atoms with Crippen molar-refractivity contribution in [3.8, 4) is 11.8 Å². The zero-order valence-corrected chi connectivity index (χ0v) is 15.8. The van der Waals surface area contributed by atoms with Crippen LogP contribution in [0.2, 0.25) is 0 Å². The molecule has 8 nitrogen and oxygen atoms in total. The predicted molar refractivity (Wildman–Crippen MR) is 101 cm³/mol. The number of benzene rings is 1. The smallest absolute Gasteiger partial charge is 0.288 e. The molecule has 1 saturated heterocycles. The van der Waals surface area contributed by atoms with E-state index in [0.29, 0.717) is 5.75 Å². The van der Waals surface area contributed by atoms with Crippen molar-refractivity contribution in [1.82, 2.24) is 15.5 Å². The molecule has 9 heteroatoms. The number of rotatable bonds is 8. The quantitative estimate of drug-likeness (QED) is 0.395. The molecule has 2 rings (SSSR count). The number of nitrogens with zero attached hydrogens (tertiary/aromatic N) is 2. The van der Waals surface area contributed by atoms with Crippen LogP contribution in [0.1, 0.15) is 18.5 Å². The third-order valence-corrected chi connectivity index (χ3v) is 4.75. The van der Waals surface area contributed by atoms with Gasteiger partial charge >= 0.3 is 0 Å². The summed E-state index contributed by atoms with van der Waals surface area (Å²) in [4.78, 5) is 36.4. The number of nitriles is 1. The van der Waals surface area contributed by atoms with Gasteiger partial charge in [-0.25, -0.2) is 0 Å². The minimum atomic E-state index is -0.516. The SMILES string of the molecule is COc1ccc(C(C)NC(=O)/C(C#N)=C\NCCN2C(=O)CSC2=O)cc1. The Balaban J connectivity index is 1.86. The van der Waals surface area contributed by atoms with Crippen molar-refractivity contribution in [3.05, 3.63) is 41.6 Å². The Kier molecular flexibility index (Phi) is 7.25. The van der Waals surface area contributed by atoms with Crippen LogP contribution >= 0.6 is 11.8 Å². The van der Waals surface area contributed by atoms with Crippen LogP contribution in [0.15, 0.2) is 36.0 Å². The van der Waals surface area contributed by atoms with Crippen molar-refractivity contribution in [2.45, 2.75) is 13.0 Å². The third kappa shape index (κ3) is 5.49. The first-order chi connectivity index (χ1) is 13.0. The van der Waals surface area contributed by atoms with Crippen molar-refractivity contribution in [1.29, 1.82) is 5.26 Å². The van der Waals surface area contributed by atoms with E-state index in [0.717, 1.165) is 22.2 Å². The van der Waals surface area contributed by atoms with Gasteiger partial charge in [0.15, 0.2) is 0 Å². The van der Waals surface area contributed by atoms with Gasteiger partial charge in [0.2, 0.25) is 5.91 Å². The van der Waals surface area contributed by atoms with Gasteiger partial charge in [0.05, 0.1) is 18.9 Å². The lowest BCUT2D eigenvalue weighted by molar-refractivity contribution is -0.124. The molecule has 142 valence electrons. The van der Waals surface area contributed by atoms with Gasteiger partial charge in [0, 0.05) is 19.3 Å². The Labute approximate surface area is 161 Å². The second kappa shape index (κ2) is 9.64. The van der Waals surface area contributed by atoms with E-state index in [1.807, 2.05) is 25.1 Å². The molecule has 1 aromatic carbocycles. The summed E-state index contributed by atoms with van der Waals surface area (Å²) in [6.07, 6.45) is 1.29. The summed E-state index contributed by atoms with van der Waals surface area (Å²) < 4.78 is 5.10. The normalized spacial score (nSPS) is 15.3. The van der Waals surface area contributed by atoms with Gasteiger partial charge < -0.3 is 15.4 Å². The number of hydrogen-bond acceptors (Lipinski definition) is 7. The fourth-order valence-corrected chi connectivity index (χ4v) is 3.10. The van der Waals surface area contributed by atoms with Crippen molar-refractivity contribution in [3.63, 3.8) is 0 Å². The molecule has 2 N–H and O–H groups in total. The molecule has 0 aliphatic carbocycles. The van der Waals surface area contributed by atoms with Crippen LogP contribution in [0.4, 0.5) is 4.79 Å². The number of thioether (sulfide) groups is 1. The van der Waals surface area contributed by atoms with Crippen molar-refractivity contribution < 1.29 is 19.1 Å². The van der Waals surface area contributed by atoms with Crippen molar-refractivity contribution in [2.75, 3.05) is 26.0 Å². The van der Waals surface area contributed by atoms with Crippen LogP contribution in [0, 0.1) is 11.3 Å². The summed E-state index contributed by atoms with van der Waals surface area (Å²) in [6.45, 7) is 2.25. The zero-order chi connectivity index (χ0) is 19.8. The Morgan fingerprint density at radius 3 is 2.67 bits per heavy atom. The van der Waals surface area contributed by atoms with Crippen LogP contribution in [-0.4, -0.2) is 47.9 Å². The second-order valence-corrected chi connectivity index (χ2v) is 6.62. The lowest BCUT2D eigenvalue weighted by Gasteiger charge is -2.15. The molecule has 1 atom stereocenters. The van der Waals surface area contributed by atoms with E-state index in [1.165, 1.54) is 6.20 Å². The summed E-state index contributed by atoms with van der Waals surface area (Å²) in [7, 11) is 1.57. The number of amides is 3. The van der Waals surface area contributed by atoms with Gasteiger partial charge in [-0.2, -0.15) is 5.26 Å². The first-order valence-corrected chi connectivity index (χ1v) is 9.20. The van der Waals surface area contributed by atoms with Crippen LogP contribution < -0.4 is 15.4 Å². The van der Waals surface area contributed by atoms with Crippen LogP contribution in [0.25, 0.3) is 0 Å². The van der Waals surface area contributed by atoms with E-state index in [9.17, 15) is 19.6 Å².